The summed E-state index contributed by atoms with van der Waals surface area (Å²) in [6.07, 6.45) is 2.85. The Hall–Kier alpha value is -3.28. The van der Waals surface area contributed by atoms with Gasteiger partial charge in [-0.2, -0.15) is 0 Å². The number of esters is 1. The molecule has 0 unspecified atom stereocenters. The van der Waals surface area contributed by atoms with Crippen molar-refractivity contribution in [1.82, 2.24) is 5.32 Å². The molecule has 1 aliphatic carbocycles. The van der Waals surface area contributed by atoms with Gasteiger partial charge in [0.2, 0.25) is 0 Å². The van der Waals surface area contributed by atoms with Crippen LogP contribution in [0.3, 0.4) is 0 Å². The summed E-state index contributed by atoms with van der Waals surface area (Å²) in [5, 5.41) is 2.96. The second kappa shape index (κ2) is 9.07. The molecule has 0 spiro atoms. The molecule has 1 saturated carbocycles. The molecule has 2 aromatic carbocycles. The first-order valence-corrected chi connectivity index (χ1v) is 10.9. The molecule has 168 valence electrons. The van der Waals surface area contributed by atoms with Crippen LogP contribution in [-0.4, -0.2) is 39.2 Å². The van der Waals surface area contributed by atoms with Crippen LogP contribution in [0.2, 0.25) is 0 Å². The Morgan fingerprint density at radius 2 is 1.84 bits per heavy atom. The molecular formula is C26H29NO5. The predicted octanol–water partition coefficient (Wildman–Crippen LogP) is 3.73. The third-order valence-corrected chi connectivity index (χ3v) is 6.59. The average molecular weight is 436 g/mol. The van der Waals surface area contributed by atoms with E-state index < -0.39 is 5.41 Å². The molecule has 1 heterocycles. The molecular weight excluding hydrogens is 406 g/mol. The lowest BCUT2D eigenvalue weighted by molar-refractivity contribution is -0.146. The molecule has 1 amide bonds. The molecule has 6 nitrogen and oxygen atoms in total. The highest BCUT2D eigenvalue weighted by atomic mass is 16.5. The molecule has 2 fully saturated rings. The van der Waals surface area contributed by atoms with Crippen molar-refractivity contribution in [2.45, 2.75) is 25.7 Å². The fourth-order valence-corrected chi connectivity index (χ4v) is 4.86. The Morgan fingerprint density at radius 3 is 2.56 bits per heavy atom. The van der Waals surface area contributed by atoms with E-state index in [4.69, 9.17) is 14.2 Å². The summed E-state index contributed by atoms with van der Waals surface area (Å²) in [5.74, 6) is 1.33. The van der Waals surface area contributed by atoms with E-state index in [-0.39, 0.29) is 17.8 Å². The van der Waals surface area contributed by atoms with Crippen molar-refractivity contribution in [2.24, 2.45) is 11.3 Å². The molecule has 1 N–H and O–H groups in total. The van der Waals surface area contributed by atoms with Crippen molar-refractivity contribution < 1.29 is 23.8 Å². The molecule has 0 aromatic heterocycles. The smallest absolute Gasteiger partial charge is 0.313 e. The van der Waals surface area contributed by atoms with Gasteiger partial charge in [-0.1, -0.05) is 30.4 Å². The van der Waals surface area contributed by atoms with E-state index in [1.54, 1.807) is 14.2 Å². The van der Waals surface area contributed by atoms with E-state index >= 15 is 0 Å². The zero-order valence-electron chi connectivity index (χ0n) is 18.6. The quantitative estimate of drug-likeness (QED) is 0.505. The number of carbonyl (C=O) groups excluding carboxylic acids is 2. The van der Waals surface area contributed by atoms with Gasteiger partial charge in [-0.3, -0.25) is 9.59 Å². The number of benzene rings is 2. The minimum Gasteiger partial charge on any atom is -0.493 e. The van der Waals surface area contributed by atoms with E-state index in [0.717, 1.165) is 23.1 Å². The van der Waals surface area contributed by atoms with E-state index in [9.17, 15) is 9.59 Å². The molecule has 2 aliphatic rings. The lowest BCUT2D eigenvalue weighted by atomic mass is 9.75. The zero-order chi connectivity index (χ0) is 22.7. The van der Waals surface area contributed by atoms with E-state index in [0.29, 0.717) is 49.5 Å². The zero-order valence-corrected chi connectivity index (χ0v) is 18.6. The third kappa shape index (κ3) is 4.22. The molecule has 1 aliphatic heterocycles. The van der Waals surface area contributed by atoms with Crippen molar-refractivity contribution in [2.75, 3.05) is 27.4 Å². The molecule has 2 atom stereocenters. The first-order chi connectivity index (χ1) is 15.4. The second-order valence-corrected chi connectivity index (χ2v) is 8.65. The number of fused-ring (bicyclic) bond motifs is 1. The SMILES string of the molecule is C=C1C[C@@H]2COC(=O)[C@]2(Cc2ccc(C(=O)NCCc3ccc(OC)c(OC)c3)cc2)C1. The van der Waals surface area contributed by atoms with Gasteiger partial charge in [0.25, 0.3) is 5.91 Å². The summed E-state index contributed by atoms with van der Waals surface area (Å²) < 4.78 is 15.9. The molecule has 6 heteroatoms. The van der Waals surface area contributed by atoms with Crippen molar-refractivity contribution in [3.05, 3.63) is 71.3 Å². The van der Waals surface area contributed by atoms with E-state index in [2.05, 4.69) is 11.9 Å². The standard InChI is InChI=1S/C26H29NO5/c1-17-12-21-16-32-25(29)26(21,14-17)15-19-4-7-20(8-5-19)24(28)27-11-10-18-6-9-22(30-2)23(13-18)31-3/h4-9,13,21H,1,10-12,14-16H2,2-3H3,(H,27,28)/t21-,26+/m1/s1. The molecule has 32 heavy (non-hydrogen) atoms. The number of cyclic esters (lactones) is 1. The number of ether oxygens (including phenoxy) is 3. The maximum atomic E-state index is 12.5. The monoisotopic (exact) mass is 435 g/mol. The predicted molar refractivity (Wildman–Crippen MR) is 121 cm³/mol. The van der Waals surface area contributed by atoms with Crippen molar-refractivity contribution in [3.8, 4) is 11.5 Å². The van der Waals surface area contributed by atoms with Crippen LogP contribution in [0, 0.1) is 11.3 Å². The van der Waals surface area contributed by atoms with Crippen LogP contribution in [0.1, 0.15) is 34.3 Å². The molecule has 0 radical (unpaired) electrons. The highest BCUT2D eigenvalue weighted by molar-refractivity contribution is 5.94. The molecule has 0 bridgehead atoms. The molecule has 4 rings (SSSR count). The lowest BCUT2D eigenvalue weighted by Crippen LogP contribution is -2.31. The first-order valence-electron chi connectivity index (χ1n) is 10.9. The van der Waals surface area contributed by atoms with E-state index in [1.807, 2.05) is 42.5 Å². The van der Waals surface area contributed by atoms with Crippen LogP contribution < -0.4 is 14.8 Å². The lowest BCUT2D eigenvalue weighted by Gasteiger charge is -2.24. The van der Waals surface area contributed by atoms with Crippen LogP contribution in [0.4, 0.5) is 0 Å². The van der Waals surface area contributed by atoms with Gasteiger partial charge >= 0.3 is 5.97 Å². The first kappa shape index (κ1) is 21.9. The Bertz CT molecular complexity index is 1030. The fraction of sp³-hybridized carbons (Fsp3) is 0.385. The number of nitrogens with one attached hydrogen (secondary N) is 1. The number of amides is 1. The van der Waals surface area contributed by atoms with Crippen molar-refractivity contribution >= 4 is 11.9 Å². The van der Waals surface area contributed by atoms with E-state index in [1.165, 1.54) is 0 Å². The van der Waals surface area contributed by atoms with Gasteiger partial charge in [0.15, 0.2) is 11.5 Å². The van der Waals surface area contributed by atoms with Crippen LogP contribution in [0.25, 0.3) is 0 Å². The Kier molecular flexibility index (Phi) is 6.21. The summed E-state index contributed by atoms with van der Waals surface area (Å²) in [6.45, 7) is 5.08. The Labute approximate surface area is 188 Å². The highest BCUT2D eigenvalue weighted by Gasteiger charge is 2.55. The highest BCUT2D eigenvalue weighted by Crippen LogP contribution is 2.52. The van der Waals surface area contributed by atoms with Gasteiger partial charge in [-0.25, -0.2) is 0 Å². The fourth-order valence-electron chi connectivity index (χ4n) is 4.86. The van der Waals surface area contributed by atoms with Gasteiger partial charge in [0.1, 0.15) is 0 Å². The van der Waals surface area contributed by atoms with Crippen molar-refractivity contribution in [1.29, 1.82) is 0 Å². The summed E-state index contributed by atoms with van der Waals surface area (Å²) in [7, 11) is 3.20. The van der Waals surface area contributed by atoms with Crippen LogP contribution in [0.15, 0.2) is 54.6 Å². The molecule has 1 saturated heterocycles. The van der Waals surface area contributed by atoms with Gasteiger partial charge in [-0.05, 0) is 61.1 Å². The van der Waals surface area contributed by atoms with Gasteiger partial charge in [0.05, 0.1) is 26.2 Å². The molecule has 2 aromatic rings. The normalized spacial score (nSPS) is 21.8. The van der Waals surface area contributed by atoms with Crippen LogP contribution in [0.5, 0.6) is 11.5 Å². The maximum Gasteiger partial charge on any atom is 0.313 e. The number of rotatable bonds is 8. The van der Waals surface area contributed by atoms with Gasteiger partial charge < -0.3 is 19.5 Å². The minimum atomic E-state index is -0.486. The number of hydrogen-bond acceptors (Lipinski definition) is 5. The number of hydrogen-bond donors (Lipinski definition) is 1. The number of allylic oxidation sites excluding steroid dienone is 1. The van der Waals surface area contributed by atoms with Gasteiger partial charge in [0, 0.05) is 18.0 Å². The topological polar surface area (TPSA) is 73.9 Å². The summed E-state index contributed by atoms with van der Waals surface area (Å²) in [6, 6.07) is 13.2. The number of methoxy groups -OCH3 is 2. The Balaban J connectivity index is 1.34. The second-order valence-electron chi connectivity index (χ2n) is 8.65. The third-order valence-electron chi connectivity index (χ3n) is 6.59. The van der Waals surface area contributed by atoms with Gasteiger partial charge in [-0.15, -0.1) is 0 Å². The number of carbonyl (C=O) groups is 2. The minimum absolute atomic E-state index is 0.113. The Morgan fingerprint density at radius 1 is 1.12 bits per heavy atom. The van der Waals surface area contributed by atoms with Crippen molar-refractivity contribution in [3.63, 3.8) is 0 Å². The van der Waals surface area contributed by atoms with Crippen LogP contribution >= 0.6 is 0 Å². The summed E-state index contributed by atoms with van der Waals surface area (Å²) in [5.41, 5.74) is 3.32. The van der Waals surface area contributed by atoms with Crippen LogP contribution in [-0.2, 0) is 22.4 Å². The maximum absolute atomic E-state index is 12.5. The largest absolute Gasteiger partial charge is 0.493 e. The summed E-state index contributed by atoms with van der Waals surface area (Å²) >= 11 is 0. The average Bonchev–Trinajstić information content (AvgIpc) is 3.27. The summed E-state index contributed by atoms with van der Waals surface area (Å²) in [4.78, 5) is 25.0.